The molecule has 0 saturated carbocycles. The van der Waals surface area contributed by atoms with Gasteiger partial charge in [-0.2, -0.15) is 0 Å². The van der Waals surface area contributed by atoms with Crippen molar-refractivity contribution in [3.05, 3.63) is 58.1 Å². The van der Waals surface area contributed by atoms with Crippen molar-refractivity contribution < 1.29 is 9.21 Å². The highest BCUT2D eigenvalue weighted by Gasteiger charge is 2.18. The fraction of sp³-hybridized carbons (Fsp3) is 0.222. The summed E-state index contributed by atoms with van der Waals surface area (Å²) in [5.74, 6) is 0.172. The standard InChI is InChI=1S/C18H17N3O2S/c1-10-4-5-13-11(2)16(23-15(13)8-10)17(22)19-9-14-12(3)20-18-21(14)6-7-24-18/h4-8H,9H2,1-3H3,(H,19,22). The number of rotatable bonds is 3. The molecule has 0 spiro atoms. The third kappa shape index (κ3) is 2.30. The summed E-state index contributed by atoms with van der Waals surface area (Å²) < 4.78 is 7.79. The summed E-state index contributed by atoms with van der Waals surface area (Å²) in [6, 6.07) is 5.97. The molecule has 0 radical (unpaired) electrons. The molecule has 0 aliphatic heterocycles. The Kier molecular flexibility index (Phi) is 3.42. The van der Waals surface area contributed by atoms with Crippen molar-refractivity contribution in [2.45, 2.75) is 27.3 Å². The zero-order valence-corrected chi connectivity index (χ0v) is 14.5. The number of nitrogens with zero attached hydrogens (tertiary/aromatic N) is 2. The van der Waals surface area contributed by atoms with E-state index in [1.54, 1.807) is 11.3 Å². The Hall–Kier alpha value is -2.60. The van der Waals surface area contributed by atoms with E-state index in [0.29, 0.717) is 12.3 Å². The molecule has 4 rings (SSSR count). The van der Waals surface area contributed by atoms with Gasteiger partial charge >= 0.3 is 0 Å². The molecule has 0 aliphatic rings. The maximum atomic E-state index is 12.6. The van der Waals surface area contributed by atoms with Crippen LogP contribution in [0.4, 0.5) is 0 Å². The van der Waals surface area contributed by atoms with Crippen molar-refractivity contribution in [3.63, 3.8) is 0 Å². The van der Waals surface area contributed by atoms with Gasteiger partial charge < -0.3 is 9.73 Å². The first kappa shape index (κ1) is 15.0. The first-order valence-electron chi connectivity index (χ1n) is 7.73. The summed E-state index contributed by atoms with van der Waals surface area (Å²) in [6.45, 7) is 6.29. The van der Waals surface area contributed by atoms with Gasteiger partial charge in [-0.05, 0) is 32.4 Å². The highest BCUT2D eigenvalue weighted by molar-refractivity contribution is 7.15. The van der Waals surface area contributed by atoms with Crippen LogP contribution in [0.15, 0.2) is 34.2 Å². The molecular formula is C18H17N3O2S. The Morgan fingerprint density at radius 2 is 2.17 bits per heavy atom. The molecule has 0 bridgehead atoms. The average molecular weight is 339 g/mol. The van der Waals surface area contributed by atoms with E-state index in [9.17, 15) is 4.79 Å². The van der Waals surface area contributed by atoms with E-state index in [1.807, 2.05) is 54.9 Å². The van der Waals surface area contributed by atoms with Gasteiger partial charge in [0.15, 0.2) is 10.7 Å². The molecule has 4 aromatic rings. The first-order valence-corrected chi connectivity index (χ1v) is 8.61. The Labute approximate surface area is 142 Å². The Bertz CT molecular complexity index is 1070. The maximum absolute atomic E-state index is 12.6. The number of amides is 1. The number of furan rings is 1. The largest absolute Gasteiger partial charge is 0.451 e. The quantitative estimate of drug-likeness (QED) is 0.614. The SMILES string of the molecule is Cc1ccc2c(C)c(C(=O)NCc3c(C)nc4sccn34)oc2c1. The molecule has 6 heteroatoms. The van der Waals surface area contributed by atoms with Crippen LogP contribution in [0, 0.1) is 20.8 Å². The van der Waals surface area contributed by atoms with Crippen LogP contribution in [0.2, 0.25) is 0 Å². The number of aromatic nitrogens is 2. The molecule has 1 amide bonds. The molecule has 24 heavy (non-hydrogen) atoms. The molecule has 0 aliphatic carbocycles. The number of benzene rings is 1. The number of carbonyl (C=O) groups is 1. The third-order valence-electron chi connectivity index (χ3n) is 4.28. The van der Waals surface area contributed by atoms with Crippen molar-refractivity contribution in [2.24, 2.45) is 0 Å². The molecule has 0 atom stereocenters. The van der Waals surface area contributed by atoms with Gasteiger partial charge in [-0.3, -0.25) is 9.20 Å². The smallest absolute Gasteiger partial charge is 0.287 e. The number of nitrogens with one attached hydrogen (secondary N) is 1. The van der Waals surface area contributed by atoms with Crippen LogP contribution in [-0.2, 0) is 6.54 Å². The van der Waals surface area contributed by atoms with Crippen LogP contribution in [0.1, 0.15) is 33.1 Å². The highest BCUT2D eigenvalue weighted by Crippen LogP contribution is 2.26. The zero-order chi connectivity index (χ0) is 16.8. The molecular weight excluding hydrogens is 322 g/mol. The second kappa shape index (κ2) is 5.49. The number of aryl methyl sites for hydroxylation is 3. The van der Waals surface area contributed by atoms with Gasteiger partial charge in [0, 0.05) is 22.5 Å². The van der Waals surface area contributed by atoms with Crippen molar-refractivity contribution >= 4 is 33.2 Å². The predicted molar refractivity (Wildman–Crippen MR) is 94.7 cm³/mol. The topological polar surface area (TPSA) is 59.5 Å². The third-order valence-corrected chi connectivity index (χ3v) is 5.03. The fourth-order valence-corrected chi connectivity index (χ4v) is 3.73. The van der Waals surface area contributed by atoms with E-state index in [1.165, 1.54) is 0 Å². The second-order valence-electron chi connectivity index (χ2n) is 5.94. The minimum atomic E-state index is -0.203. The number of hydrogen-bond donors (Lipinski definition) is 1. The van der Waals surface area contributed by atoms with Crippen LogP contribution in [0.25, 0.3) is 15.9 Å². The van der Waals surface area contributed by atoms with Crippen molar-refractivity contribution in [1.29, 1.82) is 0 Å². The summed E-state index contributed by atoms with van der Waals surface area (Å²) in [7, 11) is 0. The summed E-state index contributed by atoms with van der Waals surface area (Å²) >= 11 is 1.58. The number of imidazole rings is 1. The number of thiazole rings is 1. The minimum absolute atomic E-state index is 0.203. The van der Waals surface area contributed by atoms with E-state index in [-0.39, 0.29) is 5.91 Å². The monoisotopic (exact) mass is 339 g/mol. The van der Waals surface area contributed by atoms with Gasteiger partial charge in [0.25, 0.3) is 5.91 Å². The first-order chi connectivity index (χ1) is 11.5. The predicted octanol–water partition coefficient (Wildman–Crippen LogP) is 4.00. The summed E-state index contributed by atoms with van der Waals surface area (Å²) in [4.78, 5) is 18.0. The Morgan fingerprint density at radius 3 is 3.00 bits per heavy atom. The van der Waals surface area contributed by atoms with E-state index in [4.69, 9.17) is 4.42 Å². The fourth-order valence-electron chi connectivity index (χ4n) is 2.95. The van der Waals surface area contributed by atoms with Gasteiger partial charge in [-0.15, -0.1) is 11.3 Å². The lowest BCUT2D eigenvalue weighted by molar-refractivity contribution is 0.0924. The molecule has 3 aromatic heterocycles. The van der Waals surface area contributed by atoms with E-state index >= 15 is 0 Å². The molecule has 0 saturated heterocycles. The molecule has 0 unspecified atom stereocenters. The van der Waals surface area contributed by atoms with Gasteiger partial charge in [-0.25, -0.2) is 4.98 Å². The van der Waals surface area contributed by atoms with Crippen LogP contribution in [0.5, 0.6) is 0 Å². The van der Waals surface area contributed by atoms with Gasteiger partial charge in [-0.1, -0.05) is 12.1 Å². The van der Waals surface area contributed by atoms with Crippen LogP contribution >= 0.6 is 11.3 Å². The normalized spacial score (nSPS) is 11.5. The molecule has 1 N–H and O–H groups in total. The average Bonchev–Trinajstić information content (AvgIpc) is 3.19. The Balaban J connectivity index is 1.61. The molecule has 0 fully saturated rings. The minimum Gasteiger partial charge on any atom is -0.451 e. The molecule has 3 heterocycles. The number of carbonyl (C=O) groups excluding carboxylic acids is 1. The molecule has 1 aromatic carbocycles. The lowest BCUT2D eigenvalue weighted by Gasteiger charge is -2.04. The summed E-state index contributed by atoms with van der Waals surface area (Å²) in [5.41, 5.74) is 4.65. The highest BCUT2D eigenvalue weighted by atomic mass is 32.1. The van der Waals surface area contributed by atoms with E-state index in [0.717, 1.165) is 38.4 Å². The van der Waals surface area contributed by atoms with Crippen LogP contribution in [0.3, 0.4) is 0 Å². The van der Waals surface area contributed by atoms with Crippen LogP contribution in [-0.4, -0.2) is 15.3 Å². The maximum Gasteiger partial charge on any atom is 0.287 e. The van der Waals surface area contributed by atoms with E-state index < -0.39 is 0 Å². The van der Waals surface area contributed by atoms with Gasteiger partial charge in [0.1, 0.15) is 5.58 Å². The molecule has 5 nitrogen and oxygen atoms in total. The van der Waals surface area contributed by atoms with E-state index in [2.05, 4.69) is 10.3 Å². The second-order valence-corrected chi connectivity index (χ2v) is 6.81. The van der Waals surface area contributed by atoms with Crippen molar-refractivity contribution in [3.8, 4) is 0 Å². The van der Waals surface area contributed by atoms with Crippen molar-refractivity contribution in [2.75, 3.05) is 0 Å². The zero-order valence-electron chi connectivity index (χ0n) is 13.7. The summed E-state index contributed by atoms with van der Waals surface area (Å²) in [5, 5.41) is 5.91. The lowest BCUT2D eigenvalue weighted by atomic mass is 10.1. The Morgan fingerprint density at radius 1 is 1.33 bits per heavy atom. The summed E-state index contributed by atoms with van der Waals surface area (Å²) in [6.07, 6.45) is 1.97. The van der Waals surface area contributed by atoms with Crippen molar-refractivity contribution in [1.82, 2.24) is 14.7 Å². The lowest BCUT2D eigenvalue weighted by Crippen LogP contribution is -2.24. The number of fused-ring (bicyclic) bond motifs is 2. The van der Waals surface area contributed by atoms with Gasteiger partial charge in [0.05, 0.1) is 17.9 Å². The van der Waals surface area contributed by atoms with Gasteiger partial charge in [0.2, 0.25) is 0 Å². The van der Waals surface area contributed by atoms with Crippen LogP contribution < -0.4 is 5.32 Å². The molecule has 122 valence electrons. The number of hydrogen-bond acceptors (Lipinski definition) is 4.